The van der Waals surface area contributed by atoms with E-state index in [4.69, 9.17) is 27.8 Å². The van der Waals surface area contributed by atoms with Crippen LogP contribution in [0.15, 0.2) is 13.6 Å². The number of nitrogens with zero attached hydrogens (tertiary/aromatic N) is 10. The third-order valence-electron chi connectivity index (χ3n) is 11.2. The van der Waals surface area contributed by atoms with E-state index < -0.39 is 11.9 Å². The van der Waals surface area contributed by atoms with Crippen molar-refractivity contribution in [3.8, 4) is 0 Å². The van der Waals surface area contributed by atoms with Gasteiger partial charge in [-0.05, 0) is 79.8 Å². The van der Waals surface area contributed by atoms with Gasteiger partial charge in [0.05, 0.1) is 29.6 Å². The van der Waals surface area contributed by atoms with Crippen LogP contribution in [-0.2, 0) is 56.6 Å². The molecule has 1 amide bonds. The summed E-state index contributed by atoms with van der Waals surface area (Å²) in [6.07, 6.45) is 7.31. The lowest BCUT2D eigenvalue weighted by atomic mass is 10.0. The van der Waals surface area contributed by atoms with E-state index in [-0.39, 0.29) is 40.3 Å². The molecule has 8 rings (SSSR count). The second-order valence-corrected chi connectivity index (χ2v) is 19.4. The highest BCUT2D eigenvalue weighted by atomic mass is 32.1. The molecule has 5 aromatic heterocycles. The van der Waals surface area contributed by atoms with E-state index in [1.165, 1.54) is 25.2 Å². The zero-order valence-corrected chi connectivity index (χ0v) is 42.3. The van der Waals surface area contributed by atoms with Gasteiger partial charge in [-0.1, -0.05) is 26.8 Å². The number of aromatic nitrogens is 8. The smallest absolute Gasteiger partial charge is 0.236 e. The van der Waals surface area contributed by atoms with Crippen molar-refractivity contribution in [2.45, 2.75) is 163 Å². The van der Waals surface area contributed by atoms with Gasteiger partial charge in [-0.2, -0.15) is 28.7 Å². The van der Waals surface area contributed by atoms with Gasteiger partial charge in [0.25, 0.3) is 0 Å². The zero-order chi connectivity index (χ0) is 50.0. The second-order valence-electron chi connectivity index (χ2n) is 17.2. The van der Waals surface area contributed by atoms with Gasteiger partial charge >= 0.3 is 0 Å². The molecule has 3 aliphatic rings. The van der Waals surface area contributed by atoms with E-state index in [0.29, 0.717) is 102 Å². The monoisotopic (exact) mass is 1010 g/mol. The number of aryl methyl sites for hydroxylation is 3. The zero-order valence-electron chi connectivity index (χ0n) is 40.7. The molecule has 0 aromatic carbocycles. The van der Waals surface area contributed by atoms with Gasteiger partial charge in [-0.15, -0.1) is 11.3 Å². The number of carbonyl (C=O) groups is 3. The van der Waals surface area contributed by atoms with Crippen molar-refractivity contribution in [2.24, 2.45) is 0 Å². The van der Waals surface area contributed by atoms with Crippen molar-refractivity contribution in [3.05, 3.63) is 61.8 Å². The molecule has 25 heteroatoms. The summed E-state index contributed by atoms with van der Waals surface area (Å²) in [6, 6.07) is 1.39. The van der Waals surface area contributed by atoms with Crippen LogP contribution in [0.2, 0.25) is 0 Å². The summed E-state index contributed by atoms with van der Waals surface area (Å²) in [6.45, 7) is 19.3. The van der Waals surface area contributed by atoms with Crippen molar-refractivity contribution in [1.29, 1.82) is 0 Å². The highest BCUT2D eigenvalue weighted by Crippen LogP contribution is 2.27. The molecule has 6 atom stereocenters. The highest BCUT2D eigenvalue weighted by Gasteiger charge is 2.28. The lowest BCUT2D eigenvalue weighted by molar-refractivity contribution is -0.116. The van der Waals surface area contributed by atoms with E-state index in [9.17, 15) is 23.2 Å². The van der Waals surface area contributed by atoms with E-state index >= 15 is 0 Å². The number of amides is 1. The number of ether oxygens (including phenoxy) is 3. The topological polar surface area (TPSA) is 252 Å². The number of carbonyl (C=O) groups excluding carboxylic acids is 3. The first-order chi connectivity index (χ1) is 32.9. The molecule has 0 radical (unpaired) electrons. The number of anilines is 1. The molecule has 5 aromatic rings. The number of aldehydes is 1. The second kappa shape index (κ2) is 27.5. The lowest BCUT2D eigenvalue weighted by Gasteiger charge is -2.37. The molecule has 0 aliphatic carbocycles. The lowest BCUT2D eigenvalue weighted by Crippen LogP contribution is -2.42. The maximum Gasteiger partial charge on any atom is 0.236 e. The number of hydrogen-bond donors (Lipinski definition) is 2. The molecule has 0 spiro atoms. The first kappa shape index (κ1) is 55.0. The number of likely N-dealkylation sites (tertiary alicyclic amines) is 2. The SMILES string of the molecule is CC(=O)Cc1nc(F)c(CN2CC[C@H](OCc3noc(C)n3)C[C@@H]2C)s1.CC(=O)Nc1nc(F)c(C=O)s1.Cc1nc(CO[C@H]2CCN(C)[C@@H](C)C2)no1.Cc1nc(CO[C@H]2CCN[C@@H](C)C2)no1. The highest BCUT2D eigenvalue weighted by molar-refractivity contribution is 7.17. The Labute approximate surface area is 407 Å². The van der Waals surface area contributed by atoms with Crippen LogP contribution in [0.5, 0.6) is 0 Å². The Kier molecular flexibility index (Phi) is 21.9. The van der Waals surface area contributed by atoms with Crippen LogP contribution in [0.25, 0.3) is 0 Å². The number of piperidine rings is 3. The first-order valence-corrected chi connectivity index (χ1v) is 24.5. The quantitative estimate of drug-likeness (QED) is 0.112. The predicted molar refractivity (Wildman–Crippen MR) is 248 cm³/mol. The van der Waals surface area contributed by atoms with Crippen molar-refractivity contribution in [2.75, 3.05) is 32.0 Å². The molecule has 0 saturated carbocycles. The number of ketones is 1. The number of halogens is 2. The Hall–Kier alpha value is -4.89. The molecular weight excluding hydrogens is 943 g/mol. The Morgan fingerprint density at radius 1 is 0.754 bits per heavy atom. The minimum atomic E-state index is -0.848. The number of Topliss-reactive ketones (excluding diaryl/α,β-unsaturated/α-hetero) is 1. The van der Waals surface area contributed by atoms with Crippen LogP contribution >= 0.6 is 22.7 Å². The largest absolute Gasteiger partial charge is 0.370 e. The van der Waals surface area contributed by atoms with Crippen molar-refractivity contribution >= 4 is 45.8 Å². The maximum atomic E-state index is 14.0. The standard InChI is InChI=1S/C17H23FN4O3S.C11H19N3O2.C10H17N3O2.C6H5FN2O2S/c1-10-6-13(24-9-15-19-12(3)25-21-15)4-5-22(10)8-14-17(18)20-16(26-14)7-11(2)23;1-8-6-10(4-5-14(8)3)15-7-11-12-9(2)16-13-11;1-7-5-9(3-4-11-7)14-6-10-12-8(2)15-13-10;1-3(11)8-6-9-5(7)4(2-10)12-6/h10,13H,4-9H2,1-3H3;8,10H,4-7H2,1-3H3;7,9,11H,3-6H2,1-2H3;2H,1H3,(H,8,9,11)/t10-,13-;8-,10-;7-,9-;/m000./s1. The van der Waals surface area contributed by atoms with Crippen LogP contribution in [0.3, 0.4) is 0 Å². The molecule has 8 heterocycles. The van der Waals surface area contributed by atoms with Crippen LogP contribution < -0.4 is 10.6 Å². The summed E-state index contributed by atoms with van der Waals surface area (Å²) >= 11 is 2.09. The molecular formula is C44H64F2N12O9S2. The summed E-state index contributed by atoms with van der Waals surface area (Å²) in [5.41, 5.74) is 0. The van der Waals surface area contributed by atoms with Crippen molar-refractivity contribution < 1.29 is 50.9 Å². The van der Waals surface area contributed by atoms with Crippen molar-refractivity contribution in [1.82, 2.24) is 55.5 Å². The predicted octanol–water partition coefficient (Wildman–Crippen LogP) is 6.14. The van der Waals surface area contributed by atoms with Gasteiger partial charge in [-0.3, -0.25) is 19.3 Å². The van der Waals surface area contributed by atoms with Gasteiger partial charge in [-0.25, -0.2) is 4.98 Å². The number of nitrogens with one attached hydrogen (secondary N) is 2. The average molecular weight is 1010 g/mol. The molecule has 0 unspecified atom stereocenters. The van der Waals surface area contributed by atoms with Crippen LogP contribution in [-0.4, -0.2) is 131 Å². The molecule has 0 bridgehead atoms. The number of hydrogen-bond acceptors (Lipinski definition) is 22. The summed E-state index contributed by atoms with van der Waals surface area (Å²) in [5, 5.41) is 17.7. The molecule has 3 fully saturated rings. The number of rotatable bonds is 15. The number of thiazole rings is 2. The van der Waals surface area contributed by atoms with Crippen LogP contribution in [0.4, 0.5) is 13.9 Å². The normalized spacial score (nSPS) is 21.8. The van der Waals surface area contributed by atoms with E-state index in [2.05, 4.69) is 88.6 Å². The van der Waals surface area contributed by atoms with Gasteiger partial charge < -0.3 is 43.3 Å². The molecule has 2 N–H and O–H groups in total. The molecule has 3 aliphatic heterocycles. The Balaban J connectivity index is 0.000000180. The fourth-order valence-corrected chi connectivity index (χ4v) is 9.27. The Morgan fingerprint density at radius 3 is 1.74 bits per heavy atom. The third kappa shape index (κ3) is 19.1. The Bertz CT molecular complexity index is 2360. The van der Waals surface area contributed by atoms with Gasteiger partial charge in [0.1, 0.15) is 35.5 Å². The molecule has 380 valence electrons. The first-order valence-electron chi connectivity index (χ1n) is 22.8. The van der Waals surface area contributed by atoms with Crippen molar-refractivity contribution in [3.63, 3.8) is 0 Å². The summed E-state index contributed by atoms with van der Waals surface area (Å²) < 4.78 is 58.7. The molecule has 69 heavy (non-hydrogen) atoms. The van der Waals surface area contributed by atoms with E-state index in [1.54, 1.807) is 20.8 Å². The van der Waals surface area contributed by atoms with Gasteiger partial charge in [0.15, 0.2) is 28.9 Å². The minimum Gasteiger partial charge on any atom is -0.370 e. The molecule has 3 saturated heterocycles. The van der Waals surface area contributed by atoms with E-state index in [0.717, 1.165) is 69.5 Å². The summed E-state index contributed by atoms with van der Waals surface area (Å²) in [7, 11) is 2.16. The van der Waals surface area contributed by atoms with Crippen LogP contribution in [0.1, 0.15) is 128 Å². The fraction of sp³-hybridized carbons (Fsp3) is 0.659. The van der Waals surface area contributed by atoms with E-state index in [1.807, 2.05) is 0 Å². The molecule has 21 nitrogen and oxygen atoms in total. The minimum absolute atomic E-state index is 0.00609. The summed E-state index contributed by atoms with van der Waals surface area (Å²) in [4.78, 5) is 56.4. The van der Waals surface area contributed by atoms with Gasteiger partial charge in [0, 0.05) is 65.5 Å². The van der Waals surface area contributed by atoms with Gasteiger partial charge in [0.2, 0.25) is 35.5 Å². The van der Waals surface area contributed by atoms with Crippen LogP contribution in [0, 0.1) is 32.7 Å². The maximum absolute atomic E-state index is 14.0. The fourth-order valence-electron chi connectivity index (χ4n) is 7.52. The summed E-state index contributed by atoms with van der Waals surface area (Å²) in [5.74, 6) is 1.90. The Morgan fingerprint density at radius 2 is 1.29 bits per heavy atom. The average Bonchev–Trinajstić information content (AvgIpc) is 4.15. The third-order valence-corrected chi connectivity index (χ3v) is 13.1.